The summed E-state index contributed by atoms with van der Waals surface area (Å²) in [6.07, 6.45) is 0.109. The number of alkyl halides is 4. The van der Waals surface area contributed by atoms with E-state index >= 15 is 0 Å². The molecule has 0 atom stereocenters. The maximum Gasteiger partial charge on any atom is 0.397 e. The van der Waals surface area contributed by atoms with Gasteiger partial charge in [-0.3, -0.25) is 9.13 Å². The average Bonchev–Trinajstić information content (AvgIpc) is 2.29. The molecule has 134 valence electrons. The van der Waals surface area contributed by atoms with Crippen LogP contribution in [0.4, 0.5) is 17.6 Å². The first-order valence-corrected chi connectivity index (χ1v) is 8.95. The van der Waals surface area contributed by atoms with E-state index in [1.54, 1.807) is 0 Å². The van der Waals surface area contributed by atoms with Gasteiger partial charge in [-0.05, 0) is 12.8 Å². The second kappa shape index (κ2) is 8.16. The van der Waals surface area contributed by atoms with Crippen molar-refractivity contribution in [1.82, 2.24) is 0 Å². The van der Waals surface area contributed by atoms with E-state index in [9.17, 15) is 26.7 Å². The van der Waals surface area contributed by atoms with Gasteiger partial charge in [-0.2, -0.15) is 17.6 Å². The van der Waals surface area contributed by atoms with E-state index < -0.39 is 39.7 Å². The molecular weight excluding hydrogens is 362 g/mol. The van der Waals surface area contributed by atoms with Crippen molar-refractivity contribution in [2.75, 3.05) is 26.4 Å². The van der Waals surface area contributed by atoms with Gasteiger partial charge in [-0.1, -0.05) is 0 Å². The molecular formula is C8H16F4O8P2. The summed E-state index contributed by atoms with van der Waals surface area (Å²) in [5.74, 6) is 0. The third-order valence-corrected chi connectivity index (χ3v) is 4.19. The molecule has 0 aromatic carbocycles. The Kier molecular flexibility index (Phi) is 8.14. The summed E-state index contributed by atoms with van der Waals surface area (Å²) in [6, 6.07) is 0. The molecule has 0 aromatic rings. The molecule has 0 heterocycles. The Balaban J connectivity index is 3.77. The van der Waals surface area contributed by atoms with Gasteiger partial charge in [0.2, 0.25) is 0 Å². The molecule has 0 bridgehead atoms. The van der Waals surface area contributed by atoms with Crippen LogP contribution in [0, 0.1) is 0 Å². The van der Waals surface area contributed by atoms with E-state index in [4.69, 9.17) is 19.6 Å². The van der Waals surface area contributed by atoms with Crippen molar-refractivity contribution in [3.8, 4) is 0 Å². The molecule has 8 nitrogen and oxygen atoms in total. The Labute approximate surface area is 122 Å². The Morgan fingerprint density at radius 3 is 1.23 bits per heavy atom. The molecule has 14 heteroatoms. The van der Waals surface area contributed by atoms with E-state index in [0.29, 0.717) is 0 Å². The first-order chi connectivity index (χ1) is 9.71. The van der Waals surface area contributed by atoms with Crippen molar-refractivity contribution < 1.29 is 55.7 Å². The quantitative estimate of drug-likeness (QED) is 0.241. The van der Waals surface area contributed by atoms with Gasteiger partial charge in [0.15, 0.2) is 0 Å². The Morgan fingerprint density at radius 1 is 0.727 bits per heavy atom. The lowest BCUT2D eigenvalue weighted by molar-refractivity contribution is -0.0407. The lowest BCUT2D eigenvalue weighted by atomic mass is 10.3. The number of rotatable bonds is 11. The molecule has 22 heavy (non-hydrogen) atoms. The first kappa shape index (κ1) is 21.9. The van der Waals surface area contributed by atoms with E-state index in [2.05, 4.69) is 9.47 Å². The van der Waals surface area contributed by atoms with Crippen molar-refractivity contribution in [3.63, 3.8) is 0 Å². The molecule has 0 fully saturated rings. The van der Waals surface area contributed by atoms with Crippen molar-refractivity contribution in [3.05, 3.63) is 0 Å². The van der Waals surface area contributed by atoms with Crippen molar-refractivity contribution in [1.29, 1.82) is 0 Å². The van der Waals surface area contributed by atoms with Gasteiger partial charge in [0.05, 0.1) is 0 Å². The van der Waals surface area contributed by atoms with Gasteiger partial charge < -0.3 is 29.0 Å². The summed E-state index contributed by atoms with van der Waals surface area (Å²) in [7, 11) is -11.2. The molecule has 0 saturated carbocycles. The number of unbranched alkanes of at least 4 members (excludes halogenated alkanes) is 1. The van der Waals surface area contributed by atoms with Crippen LogP contribution in [0.1, 0.15) is 12.8 Å². The third-order valence-electron chi connectivity index (χ3n) is 2.23. The molecule has 0 saturated heterocycles. The largest absolute Gasteiger partial charge is 0.397 e. The molecule has 0 aliphatic rings. The SMILES string of the molecule is O=P(O)(O)C(F)(F)COCCCCOCC(F)(F)P(=O)(O)O. The van der Waals surface area contributed by atoms with Crippen LogP contribution in [0.5, 0.6) is 0 Å². The number of ether oxygens (including phenoxy) is 2. The standard InChI is InChI=1S/C8H16F4O8P2/c9-7(10,21(13,14)15)5-19-3-1-2-4-20-6-8(11,12)22(16,17)18/h1-6H2,(H2,13,14,15)(H2,16,17,18). The Hall–Kier alpha value is -0.0600. The van der Waals surface area contributed by atoms with Gasteiger partial charge in [-0.15, -0.1) is 0 Å². The van der Waals surface area contributed by atoms with Crippen molar-refractivity contribution in [2.24, 2.45) is 0 Å². The smallest absolute Gasteiger partial charge is 0.374 e. The lowest BCUT2D eigenvalue weighted by Crippen LogP contribution is -2.24. The number of halogens is 4. The highest BCUT2D eigenvalue weighted by Gasteiger charge is 2.49. The fraction of sp³-hybridized carbons (Fsp3) is 1.00. The highest BCUT2D eigenvalue weighted by Crippen LogP contribution is 2.53. The zero-order valence-electron chi connectivity index (χ0n) is 11.1. The van der Waals surface area contributed by atoms with Crippen molar-refractivity contribution in [2.45, 2.75) is 24.2 Å². The minimum Gasteiger partial charge on any atom is -0.374 e. The lowest BCUT2D eigenvalue weighted by Gasteiger charge is -2.18. The summed E-state index contributed by atoms with van der Waals surface area (Å²) < 4.78 is 80.3. The molecule has 0 unspecified atom stereocenters. The van der Waals surface area contributed by atoms with Gasteiger partial charge in [-0.25, -0.2) is 0 Å². The summed E-state index contributed by atoms with van der Waals surface area (Å²) in [6.45, 7) is -3.63. The van der Waals surface area contributed by atoms with Crippen LogP contribution >= 0.6 is 15.2 Å². The van der Waals surface area contributed by atoms with Crippen LogP contribution in [-0.4, -0.2) is 57.3 Å². The molecule has 0 amide bonds. The van der Waals surface area contributed by atoms with Crippen LogP contribution in [0.15, 0.2) is 0 Å². The zero-order valence-corrected chi connectivity index (χ0v) is 12.9. The molecule has 4 N–H and O–H groups in total. The second-order valence-corrected chi connectivity index (χ2v) is 7.72. The molecule has 0 aliphatic heterocycles. The normalized spacial score (nSPS) is 14.4. The molecule has 0 aromatic heterocycles. The third kappa shape index (κ3) is 7.47. The van der Waals surface area contributed by atoms with Gasteiger partial charge in [0.1, 0.15) is 13.2 Å². The van der Waals surface area contributed by atoms with E-state index in [0.717, 1.165) is 0 Å². The highest BCUT2D eigenvalue weighted by atomic mass is 31.2. The minimum absolute atomic E-state index is 0.0543. The molecule has 0 rings (SSSR count). The summed E-state index contributed by atoms with van der Waals surface area (Å²) in [5.41, 5.74) is -8.62. The van der Waals surface area contributed by atoms with Crippen LogP contribution < -0.4 is 0 Å². The maximum atomic E-state index is 12.7. The first-order valence-electron chi connectivity index (χ1n) is 5.73. The summed E-state index contributed by atoms with van der Waals surface area (Å²) in [5, 5.41) is 0. The molecule has 0 radical (unpaired) electrons. The monoisotopic (exact) mass is 378 g/mol. The summed E-state index contributed by atoms with van der Waals surface area (Å²) >= 11 is 0. The van der Waals surface area contributed by atoms with Crippen LogP contribution in [0.3, 0.4) is 0 Å². The predicted octanol–water partition coefficient (Wildman–Crippen LogP) is 1.34. The fourth-order valence-corrected chi connectivity index (χ4v) is 1.49. The fourth-order valence-electron chi connectivity index (χ4n) is 0.966. The maximum absolute atomic E-state index is 12.7. The number of hydrogen-bond acceptors (Lipinski definition) is 4. The van der Waals surface area contributed by atoms with Gasteiger partial charge >= 0.3 is 26.5 Å². The van der Waals surface area contributed by atoms with Crippen LogP contribution in [0.2, 0.25) is 0 Å². The molecule has 0 aliphatic carbocycles. The topological polar surface area (TPSA) is 134 Å². The van der Waals surface area contributed by atoms with E-state index in [1.165, 1.54) is 0 Å². The number of hydrogen-bond donors (Lipinski definition) is 4. The van der Waals surface area contributed by atoms with E-state index in [1.807, 2.05) is 0 Å². The van der Waals surface area contributed by atoms with Crippen LogP contribution in [0.25, 0.3) is 0 Å². The van der Waals surface area contributed by atoms with Crippen LogP contribution in [-0.2, 0) is 18.6 Å². The van der Waals surface area contributed by atoms with E-state index in [-0.39, 0.29) is 26.1 Å². The minimum atomic E-state index is -5.61. The van der Waals surface area contributed by atoms with Crippen molar-refractivity contribution >= 4 is 15.2 Å². The molecule has 0 spiro atoms. The Bertz CT molecular complexity index is 394. The average molecular weight is 378 g/mol. The Morgan fingerprint density at radius 2 is 1.00 bits per heavy atom. The van der Waals surface area contributed by atoms with Gasteiger partial charge in [0.25, 0.3) is 0 Å². The second-order valence-electron chi connectivity index (χ2n) is 4.23. The highest BCUT2D eigenvalue weighted by molar-refractivity contribution is 7.53. The predicted molar refractivity (Wildman–Crippen MR) is 64.9 cm³/mol. The summed E-state index contributed by atoms with van der Waals surface area (Å²) in [4.78, 5) is 33.1. The zero-order chi connectivity index (χ0) is 17.7. The van der Waals surface area contributed by atoms with Gasteiger partial charge in [0, 0.05) is 13.2 Å².